The Balaban J connectivity index is 1.33. The van der Waals surface area contributed by atoms with Gasteiger partial charge in [-0.1, -0.05) is 18.2 Å². The van der Waals surface area contributed by atoms with E-state index in [1.54, 1.807) is 7.11 Å². The summed E-state index contributed by atoms with van der Waals surface area (Å²) in [6.45, 7) is 8.80. The van der Waals surface area contributed by atoms with E-state index in [9.17, 15) is 9.90 Å². The van der Waals surface area contributed by atoms with Crippen molar-refractivity contribution in [3.05, 3.63) is 53.6 Å². The summed E-state index contributed by atoms with van der Waals surface area (Å²) >= 11 is 0. The molecule has 0 bridgehead atoms. The number of carbonyl (C=O) groups excluding carboxylic acids is 1. The third kappa shape index (κ3) is 7.22. The molecule has 0 aliphatic carbocycles. The van der Waals surface area contributed by atoms with Gasteiger partial charge in [-0.2, -0.15) is 0 Å². The molecule has 2 N–H and O–H groups in total. The second kappa shape index (κ2) is 11.9. The molecule has 7 heteroatoms. The quantitative estimate of drug-likeness (QED) is 0.591. The van der Waals surface area contributed by atoms with Crippen LogP contribution >= 0.6 is 0 Å². The number of para-hydroxylation sites is 1. The fourth-order valence-electron chi connectivity index (χ4n) is 3.90. The zero-order chi connectivity index (χ0) is 22.9. The second-order valence-corrected chi connectivity index (χ2v) is 8.36. The molecule has 0 aromatic heterocycles. The van der Waals surface area contributed by atoms with E-state index in [-0.39, 0.29) is 5.91 Å². The van der Waals surface area contributed by atoms with Crippen molar-refractivity contribution >= 4 is 11.6 Å². The van der Waals surface area contributed by atoms with Crippen LogP contribution in [0.5, 0.6) is 11.5 Å². The summed E-state index contributed by atoms with van der Waals surface area (Å²) < 4.78 is 10.8. The van der Waals surface area contributed by atoms with Gasteiger partial charge in [0.1, 0.15) is 11.5 Å². The Morgan fingerprint density at radius 2 is 1.59 bits per heavy atom. The van der Waals surface area contributed by atoms with Crippen molar-refractivity contribution in [2.75, 3.05) is 58.3 Å². The molecule has 1 aliphatic rings. The molecule has 1 atom stereocenters. The van der Waals surface area contributed by atoms with Gasteiger partial charge in [0.2, 0.25) is 5.91 Å². The minimum atomic E-state index is -0.438. The van der Waals surface area contributed by atoms with Crippen LogP contribution in [0.15, 0.2) is 42.5 Å². The number of hydrogen-bond acceptors (Lipinski definition) is 6. The molecule has 1 amide bonds. The lowest BCUT2D eigenvalue weighted by Gasteiger charge is -2.35. The van der Waals surface area contributed by atoms with Gasteiger partial charge < -0.3 is 19.9 Å². The van der Waals surface area contributed by atoms with Crippen LogP contribution in [0.25, 0.3) is 0 Å². The maximum Gasteiger partial charge on any atom is 0.238 e. The predicted octanol–water partition coefficient (Wildman–Crippen LogP) is 2.70. The number of β-amino-alcohol motifs (C(OH)–C–C–N with tert-alkyl or cyclic N) is 1. The summed E-state index contributed by atoms with van der Waals surface area (Å²) in [6.07, 6.45) is 0.136. The summed E-state index contributed by atoms with van der Waals surface area (Å²) in [7, 11) is 1.63. The lowest BCUT2D eigenvalue weighted by Crippen LogP contribution is -2.50. The number of methoxy groups -OCH3 is 1. The van der Waals surface area contributed by atoms with Gasteiger partial charge in [-0.15, -0.1) is 0 Å². The molecule has 2 aromatic carbocycles. The van der Waals surface area contributed by atoms with Crippen LogP contribution < -0.4 is 14.8 Å². The summed E-state index contributed by atoms with van der Waals surface area (Å²) in [4.78, 5) is 16.9. The molecule has 1 heterocycles. The zero-order valence-electron chi connectivity index (χ0n) is 19.3. The normalized spacial score (nSPS) is 15.9. The topological polar surface area (TPSA) is 74.3 Å². The van der Waals surface area contributed by atoms with E-state index in [1.165, 1.54) is 0 Å². The minimum absolute atomic E-state index is 0.0200. The number of anilines is 1. The fourth-order valence-corrected chi connectivity index (χ4v) is 3.90. The van der Waals surface area contributed by atoms with Crippen LogP contribution in [0.1, 0.15) is 17.5 Å². The number of aryl methyl sites for hydroxylation is 2. The molecule has 2 aromatic rings. The van der Waals surface area contributed by atoms with Gasteiger partial charge in [-0.05, 0) is 49.2 Å². The first kappa shape index (κ1) is 24.0. The summed E-state index contributed by atoms with van der Waals surface area (Å²) in [5.41, 5.74) is 3.07. The van der Waals surface area contributed by atoms with Crippen molar-refractivity contribution in [2.24, 2.45) is 0 Å². The van der Waals surface area contributed by atoms with Crippen molar-refractivity contribution in [3.8, 4) is 11.5 Å². The predicted molar refractivity (Wildman–Crippen MR) is 127 cm³/mol. The van der Waals surface area contributed by atoms with Gasteiger partial charge in [-0.25, -0.2) is 0 Å². The molecule has 1 fully saturated rings. The van der Waals surface area contributed by atoms with Crippen LogP contribution in [0.3, 0.4) is 0 Å². The smallest absolute Gasteiger partial charge is 0.238 e. The number of aliphatic hydroxyl groups is 1. The highest BCUT2D eigenvalue weighted by Crippen LogP contribution is 2.19. The van der Waals surface area contributed by atoms with E-state index >= 15 is 0 Å². The minimum Gasteiger partial charge on any atom is -0.497 e. The van der Waals surface area contributed by atoms with Crippen LogP contribution in [0.2, 0.25) is 0 Å². The van der Waals surface area contributed by atoms with Crippen molar-refractivity contribution in [2.45, 2.75) is 26.4 Å². The van der Waals surface area contributed by atoms with Gasteiger partial charge in [-0.3, -0.25) is 14.6 Å². The number of nitrogens with zero attached hydrogens (tertiary/aromatic N) is 2. The van der Waals surface area contributed by atoms with E-state index < -0.39 is 6.10 Å². The van der Waals surface area contributed by atoms with Gasteiger partial charge in [0, 0.05) is 44.8 Å². The zero-order valence-corrected chi connectivity index (χ0v) is 19.3. The number of ether oxygens (including phenoxy) is 2. The monoisotopic (exact) mass is 441 g/mol. The van der Waals surface area contributed by atoms with Crippen molar-refractivity contribution in [1.29, 1.82) is 0 Å². The first-order valence-corrected chi connectivity index (χ1v) is 11.2. The van der Waals surface area contributed by atoms with Crippen LogP contribution in [0.4, 0.5) is 5.69 Å². The average Bonchev–Trinajstić information content (AvgIpc) is 2.78. The van der Waals surface area contributed by atoms with Crippen LogP contribution in [0, 0.1) is 13.8 Å². The fraction of sp³-hybridized carbons (Fsp3) is 0.480. The maximum atomic E-state index is 12.5. The lowest BCUT2D eigenvalue weighted by atomic mass is 10.1. The van der Waals surface area contributed by atoms with Crippen molar-refractivity contribution in [1.82, 2.24) is 9.80 Å². The Kier molecular flexibility index (Phi) is 8.90. The molecule has 7 nitrogen and oxygen atoms in total. The molecule has 1 aliphatic heterocycles. The van der Waals surface area contributed by atoms with Gasteiger partial charge in [0.05, 0.1) is 26.4 Å². The Hall–Kier alpha value is -2.61. The third-order valence-electron chi connectivity index (χ3n) is 5.83. The highest BCUT2D eigenvalue weighted by Gasteiger charge is 2.21. The van der Waals surface area contributed by atoms with Gasteiger partial charge in [0.25, 0.3) is 0 Å². The first-order chi connectivity index (χ1) is 15.4. The largest absolute Gasteiger partial charge is 0.497 e. The molecule has 174 valence electrons. The lowest BCUT2D eigenvalue weighted by molar-refractivity contribution is -0.117. The molecule has 3 rings (SSSR count). The van der Waals surface area contributed by atoms with Crippen molar-refractivity contribution < 1.29 is 19.4 Å². The number of benzene rings is 2. The number of piperazine rings is 1. The number of nitrogens with one attached hydrogen (secondary N) is 1. The number of rotatable bonds is 10. The van der Waals surface area contributed by atoms with Gasteiger partial charge in [0.15, 0.2) is 0 Å². The summed E-state index contributed by atoms with van der Waals surface area (Å²) in [5.74, 6) is 1.58. The number of aliphatic hydroxyl groups excluding tert-OH is 1. The highest BCUT2D eigenvalue weighted by molar-refractivity contribution is 5.93. The Morgan fingerprint density at radius 1 is 1.00 bits per heavy atom. The molecule has 32 heavy (non-hydrogen) atoms. The molecule has 0 saturated carbocycles. The maximum absolute atomic E-state index is 12.5. The van der Waals surface area contributed by atoms with Gasteiger partial charge >= 0.3 is 0 Å². The molecule has 0 spiro atoms. The Bertz CT molecular complexity index is 844. The number of amides is 1. The van der Waals surface area contributed by atoms with E-state index in [1.807, 2.05) is 56.3 Å². The van der Waals surface area contributed by atoms with Crippen LogP contribution in [-0.4, -0.2) is 79.9 Å². The second-order valence-electron chi connectivity index (χ2n) is 8.36. The Labute approximate surface area is 190 Å². The third-order valence-corrected chi connectivity index (χ3v) is 5.83. The molecule has 1 unspecified atom stereocenters. The van der Waals surface area contributed by atoms with Crippen LogP contribution in [-0.2, 0) is 4.79 Å². The standard InChI is InChI=1S/C25H35N3O4/c1-19-5-4-6-20(2)25(19)26-24(30)18-28-14-12-27(13-15-28)17-21(29)11-16-32-23-9-7-22(31-3)8-10-23/h4-10,21,29H,11-18H2,1-3H3,(H,26,30). The van der Waals surface area contributed by atoms with Crippen molar-refractivity contribution in [3.63, 3.8) is 0 Å². The Morgan fingerprint density at radius 3 is 2.22 bits per heavy atom. The molecule has 0 radical (unpaired) electrons. The summed E-state index contributed by atoms with van der Waals surface area (Å²) in [5, 5.41) is 13.4. The first-order valence-electron chi connectivity index (χ1n) is 11.2. The van der Waals surface area contributed by atoms with E-state index in [0.717, 1.165) is 54.5 Å². The van der Waals surface area contributed by atoms with E-state index in [2.05, 4.69) is 15.1 Å². The molecule has 1 saturated heterocycles. The highest BCUT2D eigenvalue weighted by atomic mass is 16.5. The van der Waals surface area contributed by atoms with E-state index in [0.29, 0.717) is 26.1 Å². The SMILES string of the molecule is COc1ccc(OCCC(O)CN2CCN(CC(=O)Nc3c(C)cccc3C)CC2)cc1. The average molecular weight is 442 g/mol. The molecular weight excluding hydrogens is 406 g/mol. The summed E-state index contributed by atoms with van der Waals surface area (Å²) in [6, 6.07) is 13.5. The van der Waals surface area contributed by atoms with E-state index in [4.69, 9.17) is 9.47 Å². The number of hydrogen-bond donors (Lipinski definition) is 2. The number of carbonyl (C=O) groups is 1. The molecular formula is C25H35N3O4.